The third-order valence-corrected chi connectivity index (χ3v) is 8.88. The number of anilines is 2. The predicted molar refractivity (Wildman–Crippen MR) is 150 cm³/mol. The molecule has 0 bridgehead atoms. The van der Waals surface area contributed by atoms with Gasteiger partial charge in [-0.15, -0.1) is 0 Å². The number of nitrogens with zero attached hydrogens (tertiary/aromatic N) is 5. The molecule has 1 saturated carbocycles. The second-order valence-electron chi connectivity index (χ2n) is 11.6. The van der Waals surface area contributed by atoms with Crippen LogP contribution in [0.2, 0.25) is 5.02 Å². The van der Waals surface area contributed by atoms with E-state index >= 15 is 0 Å². The second-order valence-corrected chi connectivity index (χ2v) is 12.1. The highest BCUT2D eigenvalue weighted by molar-refractivity contribution is 6.30. The lowest BCUT2D eigenvalue weighted by Gasteiger charge is -2.35. The molecule has 6 rings (SSSR count). The van der Waals surface area contributed by atoms with Crippen molar-refractivity contribution in [1.82, 2.24) is 24.4 Å². The molecule has 0 amide bonds. The summed E-state index contributed by atoms with van der Waals surface area (Å²) in [5.74, 6) is 2.46. The molecule has 8 nitrogen and oxygen atoms in total. The number of rotatable bonds is 7. The minimum Gasteiger partial charge on any atom is -0.381 e. The SMILES string of the molecule is CC1(Cc2ncc3nc(Nc4cccc(Cl)c4)n(C4CCC(CN5CCOCC5)CC4)c3n2)CCOCC1. The number of imidazole rings is 1. The molecule has 1 N–H and O–H groups in total. The first-order valence-corrected chi connectivity index (χ1v) is 14.6. The number of aromatic nitrogens is 4. The maximum absolute atomic E-state index is 6.29. The highest BCUT2D eigenvalue weighted by Gasteiger charge is 2.31. The Hall–Kier alpha value is -2.26. The van der Waals surface area contributed by atoms with Gasteiger partial charge in [0.1, 0.15) is 11.3 Å². The van der Waals surface area contributed by atoms with Gasteiger partial charge in [0.2, 0.25) is 5.95 Å². The van der Waals surface area contributed by atoms with E-state index in [0.29, 0.717) is 11.1 Å². The maximum Gasteiger partial charge on any atom is 0.209 e. The lowest BCUT2D eigenvalue weighted by molar-refractivity contribution is 0.0232. The lowest BCUT2D eigenvalue weighted by Crippen LogP contribution is -2.40. The Balaban J connectivity index is 1.26. The van der Waals surface area contributed by atoms with Gasteiger partial charge in [0.25, 0.3) is 0 Å². The van der Waals surface area contributed by atoms with Crippen molar-refractivity contribution in [3.63, 3.8) is 0 Å². The third kappa shape index (κ3) is 5.98. The Morgan fingerprint density at radius 2 is 1.79 bits per heavy atom. The molecule has 38 heavy (non-hydrogen) atoms. The number of nitrogens with one attached hydrogen (secondary N) is 1. The van der Waals surface area contributed by atoms with Crippen molar-refractivity contribution < 1.29 is 9.47 Å². The summed E-state index contributed by atoms with van der Waals surface area (Å²) < 4.78 is 13.5. The van der Waals surface area contributed by atoms with Crippen molar-refractivity contribution in [2.75, 3.05) is 51.4 Å². The van der Waals surface area contributed by atoms with E-state index in [4.69, 9.17) is 36.0 Å². The van der Waals surface area contributed by atoms with E-state index in [0.717, 1.165) is 106 Å². The van der Waals surface area contributed by atoms with E-state index in [1.807, 2.05) is 30.5 Å². The first kappa shape index (κ1) is 26.0. The summed E-state index contributed by atoms with van der Waals surface area (Å²) in [6.45, 7) is 9.00. The van der Waals surface area contributed by atoms with Crippen molar-refractivity contribution in [1.29, 1.82) is 0 Å². The standard InChI is InChI=1S/C29H39ClN6O2/c1-29(9-13-37-14-10-29)18-26-31-19-25-27(34-26)36(28(33-25)32-23-4-2-3-22(30)17-23)24-7-5-21(6-8-24)20-35-11-15-38-16-12-35/h2-4,17,19,21,24H,5-16,18,20H2,1H3,(H,32,33). The number of benzene rings is 1. The zero-order chi connectivity index (χ0) is 26.0. The highest BCUT2D eigenvalue weighted by Crippen LogP contribution is 2.38. The van der Waals surface area contributed by atoms with E-state index in [1.165, 1.54) is 19.4 Å². The second kappa shape index (κ2) is 11.5. The molecule has 1 aliphatic carbocycles. The molecule has 0 spiro atoms. The number of ether oxygens (including phenoxy) is 2. The van der Waals surface area contributed by atoms with Crippen molar-refractivity contribution in [2.45, 2.75) is 57.9 Å². The van der Waals surface area contributed by atoms with Gasteiger partial charge in [0.05, 0.1) is 19.4 Å². The largest absolute Gasteiger partial charge is 0.381 e. The van der Waals surface area contributed by atoms with Crippen LogP contribution in [0.15, 0.2) is 30.5 Å². The lowest BCUT2D eigenvalue weighted by atomic mass is 9.79. The fraction of sp³-hybridized carbons (Fsp3) is 0.621. The van der Waals surface area contributed by atoms with Crippen LogP contribution in [0.4, 0.5) is 11.6 Å². The summed E-state index contributed by atoms with van der Waals surface area (Å²) in [5, 5.41) is 4.25. The van der Waals surface area contributed by atoms with E-state index in [1.54, 1.807) is 0 Å². The fourth-order valence-corrected chi connectivity index (χ4v) is 6.49. The normalized spacial score (nSPS) is 24.5. The molecular weight excluding hydrogens is 500 g/mol. The Morgan fingerprint density at radius 3 is 2.55 bits per heavy atom. The monoisotopic (exact) mass is 538 g/mol. The van der Waals surface area contributed by atoms with Crippen molar-refractivity contribution in [3.05, 3.63) is 41.3 Å². The predicted octanol–water partition coefficient (Wildman–Crippen LogP) is 5.65. The molecule has 204 valence electrons. The minimum atomic E-state index is 0.177. The average Bonchev–Trinajstić information content (AvgIpc) is 3.27. The summed E-state index contributed by atoms with van der Waals surface area (Å²) in [6.07, 6.45) is 9.54. The molecule has 0 unspecified atom stereocenters. The van der Waals surface area contributed by atoms with Gasteiger partial charge in [-0.3, -0.25) is 9.47 Å². The number of hydrogen-bond donors (Lipinski definition) is 1. The topological polar surface area (TPSA) is 77.3 Å². The van der Waals surface area contributed by atoms with E-state index in [9.17, 15) is 0 Å². The molecule has 0 atom stereocenters. The Morgan fingerprint density at radius 1 is 1.03 bits per heavy atom. The van der Waals surface area contributed by atoms with E-state index in [2.05, 4.69) is 21.7 Å². The maximum atomic E-state index is 6.29. The molecule has 0 radical (unpaired) electrons. The highest BCUT2D eigenvalue weighted by atomic mass is 35.5. The van der Waals surface area contributed by atoms with Gasteiger partial charge in [-0.05, 0) is 68.1 Å². The zero-order valence-corrected chi connectivity index (χ0v) is 23.1. The summed E-state index contributed by atoms with van der Waals surface area (Å²) in [7, 11) is 0. The number of fused-ring (bicyclic) bond motifs is 1. The molecule has 2 saturated heterocycles. The zero-order valence-electron chi connectivity index (χ0n) is 22.4. The van der Waals surface area contributed by atoms with Gasteiger partial charge in [-0.1, -0.05) is 24.6 Å². The Bertz CT molecular complexity index is 1230. The summed E-state index contributed by atoms with van der Waals surface area (Å²) in [6, 6.07) is 8.16. The van der Waals surface area contributed by atoms with Crippen LogP contribution in [0.5, 0.6) is 0 Å². The van der Waals surface area contributed by atoms with Crippen LogP contribution in [-0.4, -0.2) is 70.5 Å². The minimum absolute atomic E-state index is 0.177. The number of morpholine rings is 1. The van der Waals surface area contributed by atoms with Gasteiger partial charge in [0.15, 0.2) is 5.65 Å². The van der Waals surface area contributed by atoms with E-state index in [-0.39, 0.29) is 5.41 Å². The summed E-state index contributed by atoms with van der Waals surface area (Å²) in [4.78, 5) is 17.4. The van der Waals surface area contributed by atoms with Crippen LogP contribution in [0.25, 0.3) is 11.2 Å². The smallest absolute Gasteiger partial charge is 0.209 e. The average molecular weight is 539 g/mol. The molecule has 1 aromatic carbocycles. The van der Waals surface area contributed by atoms with Crippen molar-refractivity contribution in [2.24, 2.45) is 11.3 Å². The van der Waals surface area contributed by atoms with Crippen molar-refractivity contribution >= 4 is 34.4 Å². The molecule has 3 fully saturated rings. The molecule has 4 heterocycles. The number of halogens is 1. The molecule has 2 aliphatic heterocycles. The van der Waals surface area contributed by atoms with Crippen LogP contribution >= 0.6 is 11.6 Å². The van der Waals surface area contributed by atoms with Gasteiger partial charge in [-0.25, -0.2) is 15.0 Å². The van der Waals surface area contributed by atoms with Crippen LogP contribution in [0.1, 0.15) is 57.3 Å². The molecule has 3 aromatic rings. The van der Waals surface area contributed by atoms with Crippen LogP contribution in [0, 0.1) is 11.3 Å². The first-order chi connectivity index (χ1) is 18.5. The van der Waals surface area contributed by atoms with Gasteiger partial charge in [0, 0.05) is 56.0 Å². The van der Waals surface area contributed by atoms with Crippen molar-refractivity contribution in [3.8, 4) is 0 Å². The van der Waals surface area contributed by atoms with Gasteiger partial charge >= 0.3 is 0 Å². The third-order valence-electron chi connectivity index (χ3n) is 8.65. The van der Waals surface area contributed by atoms with Gasteiger partial charge in [-0.2, -0.15) is 0 Å². The van der Waals surface area contributed by atoms with Crippen LogP contribution < -0.4 is 5.32 Å². The fourth-order valence-electron chi connectivity index (χ4n) is 6.30. The van der Waals surface area contributed by atoms with E-state index < -0.39 is 0 Å². The number of hydrogen-bond acceptors (Lipinski definition) is 7. The Kier molecular flexibility index (Phi) is 7.84. The molecular formula is C29H39ClN6O2. The molecule has 3 aliphatic rings. The summed E-state index contributed by atoms with van der Waals surface area (Å²) >= 11 is 6.29. The molecule has 9 heteroatoms. The summed E-state index contributed by atoms with van der Waals surface area (Å²) in [5.41, 5.74) is 2.88. The van der Waals surface area contributed by atoms with Gasteiger partial charge < -0.3 is 14.8 Å². The Labute approximate surface area is 230 Å². The quantitative estimate of drug-likeness (QED) is 0.416. The molecule has 2 aromatic heterocycles. The van der Waals surface area contributed by atoms with Crippen LogP contribution in [-0.2, 0) is 15.9 Å². The first-order valence-electron chi connectivity index (χ1n) is 14.2. The van der Waals surface area contributed by atoms with Crippen LogP contribution in [0.3, 0.4) is 0 Å².